The van der Waals surface area contributed by atoms with Crippen LogP contribution < -0.4 is 10.6 Å². The molecular weight excluding hydrogens is 352 g/mol. The van der Waals surface area contributed by atoms with Crippen LogP contribution in [0.25, 0.3) is 0 Å². The molecule has 5 aliphatic rings. The molecular formula is C22H36N4O2. The fourth-order valence-electron chi connectivity index (χ4n) is 6.92. The number of carbonyl (C=O) groups is 1. The van der Waals surface area contributed by atoms with Crippen molar-refractivity contribution in [3.63, 3.8) is 0 Å². The van der Waals surface area contributed by atoms with Gasteiger partial charge in [-0.2, -0.15) is 0 Å². The van der Waals surface area contributed by atoms with Gasteiger partial charge in [0.1, 0.15) is 0 Å². The Hall–Kier alpha value is -1.30. The Balaban J connectivity index is 1.18. The molecule has 0 aromatic rings. The molecule has 5 fully saturated rings. The highest BCUT2D eigenvalue weighted by Crippen LogP contribution is 2.60. The molecule has 4 unspecified atom stereocenters. The molecule has 0 aromatic heterocycles. The molecule has 156 valence electrons. The Morgan fingerprint density at radius 2 is 1.86 bits per heavy atom. The van der Waals surface area contributed by atoms with E-state index < -0.39 is 0 Å². The van der Waals surface area contributed by atoms with E-state index in [1.54, 1.807) is 0 Å². The van der Waals surface area contributed by atoms with Crippen LogP contribution in [0.2, 0.25) is 0 Å². The summed E-state index contributed by atoms with van der Waals surface area (Å²) >= 11 is 0. The summed E-state index contributed by atoms with van der Waals surface area (Å²) in [4.78, 5) is 19.3. The molecule has 1 spiro atoms. The summed E-state index contributed by atoms with van der Waals surface area (Å²) < 4.78 is 6.11. The van der Waals surface area contributed by atoms with Gasteiger partial charge in [0.25, 0.3) is 0 Å². The smallest absolute Gasteiger partial charge is 0.225 e. The van der Waals surface area contributed by atoms with Crippen molar-refractivity contribution < 1.29 is 9.53 Å². The van der Waals surface area contributed by atoms with Crippen LogP contribution in [0.3, 0.4) is 0 Å². The zero-order valence-electron chi connectivity index (χ0n) is 17.3. The van der Waals surface area contributed by atoms with Crippen LogP contribution in [0, 0.1) is 17.3 Å². The fourth-order valence-corrected chi connectivity index (χ4v) is 6.92. The summed E-state index contributed by atoms with van der Waals surface area (Å²) in [7, 11) is 1.87. The van der Waals surface area contributed by atoms with Gasteiger partial charge in [-0.25, -0.2) is 0 Å². The number of likely N-dealkylation sites (tertiary alicyclic amines) is 1. The molecule has 5 rings (SSSR count). The maximum atomic E-state index is 12.7. The average Bonchev–Trinajstić information content (AvgIpc) is 3.49. The van der Waals surface area contributed by atoms with E-state index in [4.69, 9.17) is 4.74 Å². The summed E-state index contributed by atoms with van der Waals surface area (Å²) in [6.07, 6.45) is 12.5. The van der Waals surface area contributed by atoms with E-state index >= 15 is 0 Å². The number of guanidine groups is 1. The molecule has 3 saturated carbocycles. The molecule has 0 bridgehead atoms. The quantitative estimate of drug-likeness (QED) is 0.575. The van der Waals surface area contributed by atoms with Gasteiger partial charge in [-0.15, -0.1) is 0 Å². The summed E-state index contributed by atoms with van der Waals surface area (Å²) in [5.74, 6) is 2.23. The van der Waals surface area contributed by atoms with Gasteiger partial charge in [-0.3, -0.25) is 9.79 Å². The highest BCUT2D eigenvalue weighted by molar-refractivity contribution is 5.82. The number of rotatable bonds is 3. The van der Waals surface area contributed by atoms with Crippen LogP contribution in [0.1, 0.15) is 64.2 Å². The van der Waals surface area contributed by atoms with Crippen molar-refractivity contribution in [2.75, 3.05) is 26.7 Å². The molecule has 6 nitrogen and oxygen atoms in total. The minimum Gasteiger partial charge on any atom is -0.377 e. The second-order valence-corrected chi connectivity index (χ2v) is 9.77. The first-order valence-corrected chi connectivity index (χ1v) is 11.6. The molecule has 2 saturated heterocycles. The molecule has 0 aromatic carbocycles. The Bertz CT molecular complexity index is 624. The molecule has 0 radical (unpaired) electrons. The van der Waals surface area contributed by atoms with Gasteiger partial charge in [-0.1, -0.05) is 25.7 Å². The molecule has 6 heteroatoms. The van der Waals surface area contributed by atoms with Gasteiger partial charge in [0.15, 0.2) is 5.96 Å². The predicted octanol–water partition coefficient (Wildman–Crippen LogP) is 2.29. The van der Waals surface area contributed by atoms with Crippen molar-refractivity contribution in [3.05, 3.63) is 0 Å². The number of nitrogens with one attached hydrogen (secondary N) is 2. The zero-order valence-corrected chi connectivity index (χ0v) is 17.3. The lowest BCUT2D eigenvalue weighted by Crippen LogP contribution is -2.69. The number of ether oxygens (including phenoxy) is 1. The largest absolute Gasteiger partial charge is 0.377 e. The van der Waals surface area contributed by atoms with Crippen LogP contribution in [0.5, 0.6) is 0 Å². The Labute approximate surface area is 168 Å². The Kier molecular flexibility index (Phi) is 5.02. The normalized spacial score (nSPS) is 37.3. The third-order valence-corrected chi connectivity index (χ3v) is 8.35. The number of amides is 1. The van der Waals surface area contributed by atoms with Crippen molar-refractivity contribution in [2.45, 2.75) is 82.4 Å². The predicted molar refractivity (Wildman–Crippen MR) is 109 cm³/mol. The molecule has 28 heavy (non-hydrogen) atoms. The lowest BCUT2D eigenvalue weighted by atomic mass is 9.54. The lowest BCUT2D eigenvalue weighted by Gasteiger charge is -2.57. The number of carbonyl (C=O) groups excluding carboxylic acids is 1. The van der Waals surface area contributed by atoms with E-state index in [2.05, 4.69) is 20.5 Å². The molecule has 3 aliphatic carbocycles. The first kappa shape index (κ1) is 18.7. The third kappa shape index (κ3) is 3.03. The first-order valence-electron chi connectivity index (χ1n) is 11.6. The van der Waals surface area contributed by atoms with Crippen LogP contribution in [0.4, 0.5) is 0 Å². The minimum atomic E-state index is 0.285. The molecule has 1 amide bonds. The monoisotopic (exact) mass is 388 g/mol. The number of hydrogen-bond donors (Lipinski definition) is 2. The van der Waals surface area contributed by atoms with Gasteiger partial charge in [0, 0.05) is 56.1 Å². The standard InChI is InChI=1S/C22H36N4O2/c1-23-21(24-16-8-12-26(14-16)20(27)15-6-2-3-7-15)25-18-17-9-13-28-19(17)22(18)10-4-5-11-22/h15-19H,2-14H2,1H3,(H2,23,24,25). The van der Waals surface area contributed by atoms with E-state index in [9.17, 15) is 4.79 Å². The average molecular weight is 389 g/mol. The Morgan fingerprint density at radius 1 is 1.07 bits per heavy atom. The SMILES string of the molecule is CN=C(NC1CCN(C(=O)C2CCCC2)C1)NC1C2CCOC2C12CCCC2. The van der Waals surface area contributed by atoms with Crippen LogP contribution in [-0.4, -0.2) is 61.7 Å². The molecule has 4 atom stereocenters. The van der Waals surface area contributed by atoms with Crippen molar-refractivity contribution >= 4 is 11.9 Å². The van der Waals surface area contributed by atoms with Crippen molar-refractivity contribution in [2.24, 2.45) is 22.2 Å². The second-order valence-electron chi connectivity index (χ2n) is 9.77. The van der Waals surface area contributed by atoms with Crippen LogP contribution in [0.15, 0.2) is 4.99 Å². The number of fused-ring (bicyclic) bond motifs is 2. The maximum absolute atomic E-state index is 12.7. The topological polar surface area (TPSA) is 66.0 Å². The zero-order chi connectivity index (χ0) is 19.1. The highest BCUT2D eigenvalue weighted by Gasteiger charge is 2.65. The van der Waals surface area contributed by atoms with Gasteiger partial charge >= 0.3 is 0 Å². The first-order chi connectivity index (χ1) is 13.7. The Morgan fingerprint density at radius 3 is 2.61 bits per heavy atom. The van der Waals surface area contributed by atoms with Gasteiger partial charge < -0.3 is 20.3 Å². The molecule has 2 N–H and O–H groups in total. The van der Waals surface area contributed by atoms with Crippen molar-refractivity contribution in [1.29, 1.82) is 0 Å². The maximum Gasteiger partial charge on any atom is 0.225 e. The third-order valence-electron chi connectivity index (χ3n) is 8.35. The summed E-state index contributed by atoms with van der Waals surface area (Å²) in [5, 5.41) is 7.42. The van der Waals surface area contributed by atoms with E-state index in [0.29, 0.717) is 35.4 Å². The van der Waals surface area contributed by atoms with E-state index in [-0.39, 0.29) is 5.92 Å². The van der Waals surface area contributed by atoms with Crippen LogP contribution >= 0.6 is 0 Å². The molecule has 2 heterocycles. The minimum absolute atomic E-state index is 0.285. The number of nitrogens with zero attached hydrogens (tertiary/aromatic N) is 2. The number of aliphatic imine (C=N–C) groups is 1. The number of hydrogen-bond acceptors (Lipinski definition) is 3. The second kappa shape index (κ2) is 7.51. The van der Waals surface area contributed by atoms with E-state index in [1.165, 1.54) is 44.9 Å². The van der Waals surface area contributed by atoms with E-state index in [0.717, 1.165) is 44.9 Å². The summed E-state index contributed by atoms with van der Waals surface area (Å²) in [5.41, 5.74) is 0.332. The lowest BCUT2D eigenvalue weighted by molar-refractivity contribution is -0.134. The van der Waals surface area contributed by atoms with Crippen molar-refractivity contribution in [1.82, 2.24) is 15.5 Å². The van der Waals surface area contributed by atoms with Gasteiger partial charge in [0.2, 0.25) is 5.91 Å². The molecule has 2 aliphatic heterocycles. The van der Waals surface area contributed by atoms with Crippen LogP contribution in [-0.2, 0) is 9.53 Å². The van der Waals surface area contributed by atoms with Gasteiger partial charge in [-0.05, 0) is 38.5 Å². The van der Waals surface area contributed by atoms with Gasteiger partial charge in [0.05, 0.1) is 6.10 Å². The van der Waals surface area contributed by atoms with Crippen molar-refractivity contribution in [3.8, 4) is 0 Å². The highest BCUT2D eigenvalue weighted by atomic mass is 16.5. The summed E-state index contributed by atoms with van der Waals surface area (Å²) in [6.45, 7) is 2.62. The van der Waals surface area contributed by atoms with E-state index in [1.807, 2.05) is 7.05 Å². The summed E-state index contributed by atoms with van der Waals surface area (Å²) in [6, 6.07) is 0.804. The fraction of sp³-hybridized carbons (Fsp3) is 0.909.